The van der Waals surface area contributed by atoms with Crippen LogP contribution >= 0.6 is 0 Å². The van der Waals surface area contributed by atoms with E-state index < -0.39 is 17.3 Å². The van der Waals surface area contributed by atoms with E-state index in [0.29, 0.717) is 36.5 Å². The van der Waals surface area contributed by atoms with Crippen LogP contribution in [0.4, 0.5) is 21.1 Å². The Balaban J connectivity index is 0.00000245. The second kappa shape index (κ2) is 14.3. The standard InChI is InChI=1S/C34H46N6O5.C2H6/c1-22-21-38(31(42)44-33(2,3)4)16-17-39(22)25-13-11-23(12-14-25)30(41)36-29-19-27-24(20-35-29)18-28(26-10-9-15-37(26)8)40(27)32(43)45-34(5,6)7;1-2/h11-14,18-20,22,26H,9-10,15-17,21H2,1-8H3,(H,35,36,41);1-2H3. The summed E-state index contributed by atoms with van der Waals surface area (Å²) in [6, 6.07) is 11.3. The minimum atomic E-state index is -0.660. The smallest absolute Gasteiger partial charge is 0.419 e. The Hall–Kier alpha value is -4.12. The highest BCUT2D eigenvalue weighted by molar-refractivity contribution is 6.05. The van der Waals surface area contributed by atoms with Gasteiger partial charge in [0.2, 0.25) is 0 Å². The van der Waals surface area contributed by atoms with E-state index in [1.807, 2.05) is 73.6 Å². The molecule has 2 unspecified atom stereocenters. The van der Waals surface area contributed by atoms with Gasteiger partial charge in [-0.2, -0.15) is 0 Å². The van der Waals surface area contributed by atoms with Gasteiger partial charge in [-0.25, -0.2) is 19.1 Å². The van der Waals surface area contributed by atoms with E-state index in [-0.39, 0.29) is 24.1 Å². The molecule has 3 aromatic rings. The largest absolute Gasteiger partial charge is 0.444 e. The third kappa shape index (κ3) is 8.62. The molecule has 11 heteroatoms. The topological polar surface area (TPSA) is 109 Å². The van der Waals surface area contributed by atoms with Crippen molar-refractivity contribution < 1.29 is 23.9 Å². The predicted octanol–water partition coefficient (Wildman–Crippen LogP) is 7.31. The van der Waals surface area contributed by atoms with Crippen LogP contribution in [0.15, 0.2) is 42.6 Å². The van der Waals surface area contributed by atoms with Crippen molar-refractivity contribution in [3.05, 3.63) is 53.9 Å². The Morgan fingerprint density at radius 1 is 0.894 bits per heavy atom. The first kappa shape index (κ1) is 35.7. The Morgan fingerprint density at radius 3 is 2.11 bits per heavy atom. The van der Waals surface area contributed by atoms with Gasteiger partial charge >= 0.3 is 12.2 Å². The Morgan fingerprint density at radius 2 is 1.53 bits per heavy atom. The zero-order chi connectivity index (χ0) is 34.7. The number of hydrogen-bond donors (Lipinski definition) is 1. The van der Waals surface area contributed by atoms with Crippen LogP contribution in [-0.2, 0) is 9.47 Å². The number of hydrogen-bond acceptors (Lipinski definition) is 8. The monoisotopic (exact) mass is 648 g/mol. The molecule has 5 rings (SSSR count). The van der Waals surface area contributed by atoms with E-state index in [9.17, 15) is 14.4 Å². The minimum absolute atomic E-state index is 0.0806. The van der Waals surface area contributed by atoms with Crippen molar-refractivity contribution in [1.82, 2.24) is 19.4 Å². The summed E-state index contributed by atoms with van der Waals surface area (Å²) in [6.07, 6.45) is 2.93. The van der Waals surface area contributed by atoms with Crippen LogP contribution in [0.5, 0.6) is 0 Å². The number of nitrogens with zero attached hydrogens (tertiary/aromatic N) is 5. The van der Waals surface area contributed by atoms with Gasteiger partial charge in [0.15, 0.2) is 0 Å². The van der Waals surface area contributed by atoms with Crippen molar-refractivity contribution in [2.24, 2.45) is 0 Å². The molecule has 2 saturated heterocycles. The maximum absolute atomic E-state index is 13.5. The summed E-state index contributed by atoms with van der Waals surface area (Å²) in [6.45, 7) is 19.9. The second-order valence-corrected chi connectivity index (χ2v) is 14.1. The first-order valence-corrected chi connectivity index (χ1v) is 16.7. The van der Waals surface area contributed by atoms with Gasteiger partial charge in [-0.1, -0.05) is 13.8 Å². The van der Waals surface area contributed by atoms with E-state index in [1.54, 1.807) is 33.9 Å². The van der Waals surface area contributed by atoms with Gasteiger partial charge in [0, 0.05) is 60.3 Å². The number of anilines is 2. The third-order valence-electron chi connectivity index (χ3n) is 8.13. The van der Waals surface area contributed by atoms with E-state index >= 15 is 0 Å². The molecule has 47 heavy (non-hydrogen) atoms. The average molecular weight is 649 g/mol. The fourth-order valence-corrected chi connectivity index (χ4v) is 6.06. The average Bonchev–Trinajstić information content (AvgIpc) is 3.59. The Kier molecular flexibility index (Phi) is 10.9. The molecule has 2 aliphatic heterocycles. The number of ether oxygens (including phenoxy) is 2. The summed E-state index contributed by atoms with van der Waals surface area (Å²) in [5, 5.41) is 3.70. The maximum Gasteiger partial charge on any atom is 0.419 e. The number of carbonyl (C=O) groups excluding carboxylic acids is 3. The number of amides is 2. The SMILES string of the molecule is CC.CC1CN(C(=O)OC(C)(C)C)CCN1c1ccc(C(=O)Nc2cc3c(cn2)cc(C2CCCN2C)n3C(=O)OC(C)(C)C)cc1. The molecule has 0 aliphatic carbocycles. The lowest BCUT2D eigenvalue weighted by Crippen LogP contribution is -2.54. The highest BCUT2D eigenvalue weighted by Gasteiger charge is 2.32. The number of nitrogens with one attached hydrogen (secondary N) is 1. The lowest BCUT2D eigenvalue weighted by molar-refractivity contribution is 0.0218. The lowest BCUT2D eigenvalue weighted by Gasteiger charge is -2.41. The van der Waals surface area contributed by atoms with Gasteiger partial charge in [-0.05, 0) is 105 Å². The van der Waals surface area contributed by atoms with Crippen LogP contribution in [-0.4, -0.2) is 87.9 Å². The molecule has 2 amide bonds. The maximum atomic E-state index is 13.5. The van der Waals surface area contributed by atoms with Crippen molar-refractivity contribution in [3.8, 4) is 0 Å². The van der Waals surface area contributed by atoms with Crippen LogP contribution in [0.2, 0.25) is 0 Å². The molecule has 0 bridgehead atoms. The van der Waals surface area contributed by atoms with Crippen molar-refractivity contribution in [2.45, 2.75) is 98.4 Å². The van der Waals surface area contributed by atoms with Crippen molar-refractivity contribution in [1.29, 1.82) is 0 Å². The summed E-state index contributed by atoms with van der Waals surface area (Å²) in [5.41, 5.74) is 1.76. The number of benzene rings is 1. The van der Waals surface area contributed by atoms with E-state index in [4.69, 9.17) is 9.47 Å². The number of pyridine rings is 1. The first-order valence-electron chi connectivity index (χ1n) is 16.7. The molecule has 2 aromatic heterocycles. The zero-order valence-corrected chi connectivity index (χ0v) is 29.7. The Bertz CT molecular complexity index is 1570. The lowest BCUT2D eigenvalue weighted by atomic mass is 10.1. The molecule has 1 N–H and O–H groups in total. The normalized spacial score (nSPS) is 18.9. The van der Waals surface area contributed by atoms with Gasteiger partial charge < -0.3 is 24.6 Å². The summed E-state index contributed by atoms with van der Waals surface area (Å²) >= 11 is 0. The molecular formula is C36H52N6O5. The summed E-state index contributed by atoms with van der Waals surface area (Å²) < 4.78 is 13.0. The molecule has 4 heterocycles. The zero-order valence-electron chi connectivity index (χ0n) is 29.7. The van der Waals surface area contributed by atoms with Gasteiger partial charge in [0.25, 0.3) is 5.91 Å². The van der Waals surface area contributed by atoms with Gasteiger partial charge in [0.05, 0.1) is 11.6 Å². The summed E-state index contributed by atoms with van der Waals surface area (Å²) in [4.78, 5) is 50.0. The number of carbonyl (C=O) groups is 3. The molecule has 1 aromatic carbocycles. The predicted molar refractivity (Wildman–Crippen MR) is 186 cm³/mol. The fraction of sp³-hybridized carbons (Fsp3) is 0.556. The highest BCUT2D eigenvalue weighted by Crippen LogP contribution is 2.35. The van der Waals surface area contributed by atoms with Crippen LogP contribution in [0.25, 0.3) is 10.9 Å². The van der Waals surface area contributed by atoms with E-state index in [2.05, 4.69) is 34.1 Å². The van der Waals surface area contributed by atoms with Crippen molar-refractivity contribution >= 4 is 40.5 Å². The van der Waals surface area contributed by atoms with Crippen LogP contribution in [0.3, 0.4) is 0 Å². The molecular weight excluding hydrogens is 596 g/mol. The second-order valence-electron chi connectivity index (χ2n) is 14.1. The quantitative estimate of drug-likeness (QED) is 0.314. The molecule has 0 spiro atoms. The number of fused-ring (bicyclic) bond motifs is 1. The van der Waals surface area contributed by atoms with Crippen LogP contribution in [0.1, 0.15) is 97.2 Å². The summed E-state index contributed by atoms with van der Waals surface area (Å²) in [7, 11) is 2.06. The van der Waals surface area contributed by atoms with E-state index in [0.717, 1.165) is 36.2 Å². The molecule has 2 aliphatic rings. The molecule has 0 radical (unpaired) electrons. The molecule has 2 atom stereocenters. The van der Waals surface area contributed by atoms with E-state index in [1.165, 1.54) is 0 Å². The van der Waals surface area contributed by atoms with Crippen LogP contribution in [0, 0.1) is 0 Å². The number of aromatic nitrogens is 2. The summed E-state index contributed by atoms with van der Waals surface area (Å²) in [5.74, 6) is 0.0417. The molecule has 11 nitrogen and oxygen atoms in total. The van der Waals surface area contributed by atoms with Gasteiger partial charge in [-0.15, -0.1) is 0 Å². The minimum Gasteiger partial charge on any atom is -0.444 e. The first-order chi connectivity index (χ1) is 22.1. The molecule has 0 saturated carbocycles. The molecule has 2 fully saturated rings. The number of piperazine rings is 1. The van der Waals surface area contributed by atoms with Gasteiger partial charge in [-0.3, -0.25) is 9.69 Å². The molecule has 256 valence electrons. The van der Waals surface area contributed by atoms with Gasteiger partial charge in [0.1, 0.15) is 17.0 Å². The Labute approximate surface area is 279 Å². The van der Waals surface area contributed by atoms with Crippen LogP contribution < -0.4 is 10.2 Å². The van der Waals surface area contributed by atoms with Crippen molar-refractivity contribution in [3.63, 3.8) is 0 Å². The fourth-order valence-electron chi connectivity index (χ4n) is 6.06. The number of rotatable bonds is 4. The van der Waals surface area contributed by atoms with Crippen molar-refractivity contribution in [2.75, 3.05) is 43.4 Å². The third-order valence-corrected chi connectivity index (χ3v) is 8.13. The number of likely N-dealkylation sites (tertiary alicyclic amines) is 1. The highest BCUT2D eigenvalue weighted by atomic mass is 16.6.